The molecule has 0 fully saturated rings. The fraction of sp³-hybridized carbons (Fsp3) is 1.00. The minimum Gasteiger partial charge on any atom is -0.329 e. The maximum atomic E-state index is 5.67. The van der Waals surface area contributed by atoms with E-state index in [0.29, 0.717) is 6.10 Å². The number of hydrogen-bond acceptors (Lipinski definition) is 1. The molecule has 0 saturated heterocycles. The van der Waals surface area contributed by atoms with Crippen LogP contribution in [-0.4, -0.2) is 38.0 Å². The van der Waals surface area contributed by atoms with Crippen molar-refractivity contribution in [3.8, 4) is 0 Å². The highest BCUT2D eigenvalue weighted by molar-refractivity contribution is 4.43. The van der Waals surface area contributed by atoms with E-state index in [1.54, 1.807) is 0 Å². The predicted octanol–water partition coefficient (Wildman–Crippen LogP) is 3.81. The average Bonchev–Trinajstić information content (AvgIpc) is 2.21. The predicted molar refractivity (Wildman–Crippen MR) is 71.4 cm³/mol. The summed E-state index contributed by atoms with van der Waals surface area (Å²) in [7, 11) is 4.52. The van der Waals surface area contributed by atoms with Crippen LogP contribution in [0.15, 0.2) is 0 Å². The van der Waals surface area contributed by atoms with Crippen LogP contribution in [0.25, 0.3) is 0 Å². The Labute approximate surface area is 103 Å². The topological polar surface area (TPSA) is 9.23 Å². The molecular weight excluding hydrogens is 198 g/mol. The number of rotatable bonds is 10. The monoisotopic (exact) mass is 230 g/mol. The first-order valence-electron chi connectivity index (χ1n) is 6.91. The molecule has 0 saturated carbocycles. The molecule has 98 valence electrons. The van der Waals surface area contributed by atoms with E-state index in [9.17, 15) is 0 Å². The summed E-state index contributed by atoms with van der Waals surface area (Å²) in [5.41, 5.74) is 0. The molecule has 0 atom stereocenters. The number of quaternary nitrogens is 1. The Morgan fingerprint density at radius 3 is 2.06 bits per heavy atom. The maximum Gasteiger partial charge on any atom is 0.183 e. The van der Waals surface area contributed by atoms with Gasteiger partial charge in [0.1, 0.15) is 0 Å². The summed E-state index contributed by atoms with van der Waals surface area (Å²) in [5.74, 6) is 0. The highest BCUT2D eigenvalue weighted by Crippen LogP contribution is 2.08. The molecule has 0 heterocycles. The van der Waals surface area contributed by atoms with Gasteiger partial charge in [-0.15, -0.1) is 0 Å². The van der Waals surface area contributed by atoms with Crippen LogP contribution in [0.5, 0.6) is 0 Å². The molecule has 0 aliphatic carbocycles. The lowest BCUT2D eigenvalue weighted by molar-refractivity contribution is -0.910. The fourth-order valence-electron chi connectivity index (χ4n) is 1.74. The third-order valence-corrected chi connectivity index (χ3v) is 2.87. The molecular formula is C14H32NO+. The van der Waals surface area contributed by atoms with Gasteiger partial charge in [0, 0.05) is 0 Å². The van der Waals surface area contributed by atoms with E-state index >= 15 is 0 Å². The summed E-state index contributed by atoms with van der Waals surface area (Å²) in [5, 5.41) is 0. The second-order valence-corrected chi connectivity index (χ2v) is 5.77. The smallest absolute Gasteiger partial charge is 0.183 e. The lowest BCUT2D eigenvalue weighted by Crippen LogP contribution is -2.43. The highest BCUT2D eigenvalue weighted by atomic mass is 16.5. The summed E-state index contributed by atoms with van der Waals surface area (Å²) in [6.07, 6.45) is 8.60. The molecule has 0 radical (unpaired) electrons. The van der Waals surface area contributed by atoms with Gasteiger partial charge < -0.3 is 9.22 Å². The number of ether oxygens (including phenoxy) is 1. The van der Waals surface area contributed by atoms with Crippen molar-refractivity contribution in [2.45, 2.75) is 65.4 Å². The van der Waals surface area contributed by atoms with Crippen molar-refractivity contribution in [1.82, 2.24) is 0 Å². The Morgan fingerprint density at radius 2 is 1.50 bits per heavy atom. The van der Waals surface area contributed by atoms with Gasteiger partial charge in [0.2, 0.25) is 0 Å². The molecule has 0 aromatic heterocycles. The molecule has 0 amide bonds. The largest absolute Gasteiger partial charge is 0.329 e. The number of unbranched alkanes of at least 4 members (excludes halogenated alkanes) is 5. The Balaban J connectivity index is 3.42. The van der Waals surface area contributed by atoms with E-state index in [2.05, 4.69) is 34.9 Å². The van der Waals surface area contributed by atoms with Crippen LogP contribution in [0, 0.1) is 0 Å². The molecule has 0 N–H and O–H groups in total. The first-order chi connectivity index (χ1) is 7.48. The van der Waals surface area contributed by atoms with Gasteiger partial charge in [-0.2, -0.15) is 0 Å². The summed E-state index contributed by atoms with van der Waals surface area (Å²) in [6.45, 7) is 8.55. The molecule has 0 aliphatic heterocycles. The quantitative estimate of drug-likeness (QED) is 0.315. The molecule has 0 bridgehead atoms. The molecule has 0 spiro atoms. The molecule has 2 nitrogen and oxygen atoms in total. The normalized spacial score (nSPS) is 12.4. The van der Waals surface area contributed by atoms with Crippen molar-refractivity contribution in [2.75, 3.05) is 27.4 Å². The van der Waals surface area contributed by atoms with E-state index in [0.717, 1.165) is 11.2 Å². The SMILES string of the molecule is CCCCCCCC[N+](C)(C)COC(C)C. The van der Waals surface area contributed by atoms with Crippen molar-refractivity contribution in [3.05, 3.63) is 0 Å². The van der Waals surface area contributed by atoms with Crippen LogP contribution in [-0.2, 0) is 4.74 Å². The van der Waals surface area contributed by atoms with E-state index in [4.69, 9.17) is 4.74 Å². The van der Waals surface area contributed by atoms with Crippen LogP contribution in [0.4, 0.5) is 0 Å². The van der Waals surface area contributed by atoms with Crippen molar-refractivity contribution in [2.24, 2.45) is 0 Å². The van der Waals surface area contributed by atoms with Gasteiger partial charge in [-0.1, -0.05) is 32.6 Å². The third-order valence-electron chi connectivity index (χ3n) is 2.87. The zero-order chi connectivity index (χ0) is 12.4. The van der Waals surface area contributed by atoms with E-state index in [1.165, 1.54) is 45.1 Å². The van der Waals surface area contributed by atoms with Gasteiger partial charge in [0.25, 0.3) is 0 Å². The first-order valence-corrected chi connectivity index (χ1v) is 6.91. The molecule has 0 aromatic carbocycles. The lowest BCUT2D eigenvalue weighted by Gasteiger charge is -2.30. The standard InChI is InChI=1S/C14H32NO/c1-6-7-8-9-10-11-12-15(4,5)13-16-14(2)3/h14H,6-13H2,1-5H3/q+1. The van der Waals surface area contributed by atoms with Crippen LogP contribution in [0.3, 0.4) is 0 Å². The molecule has 2 heteroatoms. The van der Waals surface area contributed by atoms with Crippen molar-refractivity contribution < 1.29 is 9.22 Å². The average molecular weight is 230 g/mol. The van der Waals surface area contributed by atoms with Crippen molar-refractivity contribution in [1.29, 1.82) is 0 Å². The lowest BCUT2D eigenvalue weighted by atomic mass is 10.1. The van der Waals surface area contributed by atoms with Crippen molar-refractivity contribution >= 4 is 0 Å². The van der Waals surface area contributed by atoms with Crippen molar-refractivity contribution in [3.63, 3.8) is 0 Å². The second kappa shape index (κ2) is 9.00. The zero-order valence-electron chi connectivity index (χ0n) is 12.1. The van der Waals surface area contributed by atoms with Gasteiger partial charge in [0.05, 0.1) is 26.7 Å². The third kappa shape index (κ3) is 10.4. The fourth-order valence-corrected chi connectivity index (χ4v) is 1.74. The second-order valence-electron chi connectivity index (χ2n) is 5.77. The van der Waals surface area contributed by atoms with Crippen LogP contribution in [0.2, 0.25) is 0 Å². The van der Waals surface area contributed by atoms with Crippen LogP contribution < -0.4 is 0 Å². The van der Waals surface area contributed by atoms with Crippen LogP contribution >= 0.6 is 0 Å². The van der Waals surface area contributed by atoms with E-state index in [-0.39, 0.29) is 0 Å². The van der Waals surface area contributed by atoms with E-state index in [1.807, 2.05) is 0 Å². The van der Waals surface area contributed by atoms with Crippen LogP contribution in [0.1, 0.15) is 59.3 Å². The summed E-state index contributed by atoms with van der Waals surface area (Å²) in [4.78, 5) is 0. The van der Waals surface area contributed by atoms with Gasteiger partial charge in [-0.25, -0.2) is 0 Å². The Morgan fingerprint density at radius 1 is 0.938 bits per heavy atom. The molecule has 0 unspecified atom stereocenters. The summed E-state index contributed by atoms with van der Waals surface area (Å²) >= 11 is 0. The minimum atomic E-state index is 0.349. The Kier molecular flexibility index (Phi) is 8.96. The Hall–Kier alpha value is -0.0800. The minimum absolute atomic E-state index is 0.349. The molecule has 0 rings (SSSR count). The van der Waals surface area contributed by atoms with Gasteiger partial charge in [-0.3, -0.25) is 0 Å². The molecule has 0 aliphatic rings. The number of hydrogen-bond donors (Lipinski definition) is 0. The molecule has 16 heavy (non-hydrogen) atoms. The van der Waals surface area contributed by atoms with Gasteiger partial charge >= 0.3 is 0 Å². The molecule has 0 aromatic rings. The Bertz CT molecular complexity index is 155. The van der Waals surface area contributed by atoms with Gasteiger partial charge in [0.15, 0.2) is 6.73 Å². The highest BCUT2D eigenvalue weighted by Gasteiger charge is 2.14. The maximum absolute atomic E-state index is 5.67. The first kappa shape index (κ1) is 15.9. The van der Waals surface area contributed by atoms with E-state index < -0.39 is 0 Å². The van der Waals surface area contributed by atoms with Gasteiger partial charge in [-0.05, 0) is 26.7 Å². The summed E-state index contributed by atoms with van der Waals surface area (Å²) in [6, 6.07) is 0. The summed E-state index contributed by atoms with van der Waals surface area (Å²) < 4.78 is 6.67. The zero-order valence-corrected chi connectivity index (χ0v) is 12.1. The number of nitrogens with zero attached hydrogens (tertiary/aromatic N) is 1.